The van der Waals surface area contributed by atoms with Crippen molar-refractivity contribution in [2.24, 2.45) is 50.2 Å². The molecule has 0 aliphatic heterocycles. The number of ether oxygens (including phenoxy) is 1. The van der Waals surface area contributed by atoms with Crippen LogP contribution in [0, 0.1) is 50.2 Å². The van der Waals surface area contributed by atoms with Gasteiger partial charge in [0.05, 0.1) is 10.8 Å². The monoisotopic (exact) mass is 576 g/mol. The molecule has 3 saturated carbocycles. The normalized spacial score (nSPS) is 39.1. The summed E-state index contributed by atoms with van der Waals surface area (Å²) in [6.07, 6.45) is 10.9. The lowest BCUT2D eigenvalue weighted by Gasteiger charge is -2.69. The lowest BCUT2D eigenvalue weighted by molar-refractivity contribution is -0.189. The molecule has 5 rings (SSSR count). The second kappa shape index (κ2) is 10.3. The van der Waals surface area contributed by atoms with Crippen LogP contribution in [-0.4, -0.2) is 23.3 Å². The Balaban J connectivity index is 1.54. The van der Waals surface area contributed by atoms with Crippen LogP contribution < -0.4 is 0 Å². The first-order chi connectivity index (χ1) is 19.6. The second-order valence-corrected chi connectivity index (χ2v) is 16.3. The molecular formula is C37H52O5. The van der Waals surface area contributed by atoms with E-state index in [1.807, 2.05) is 44.2 Å². The number of carbonyl (C=O) groups is 3. The van der Waals surface area contributed by atoms with Crippen LogP contribution in [0.5, 0.6) is 0 Å². The predicted molar refractivity (Wildman–Crippen MR) is 164 cm³/mol. The van der Waals surface area contributed by atoms with Crippen LogP contribution >= 0.6 is 0 Å². The number of hydrogen-bond donors (Lipinski definition) is 1. The number of allylic oxidation sites excluding steroid dienone is 2. The van der Waals surface area contributed by atoms with E-state index < -0.39 is 22.2 Å². The summed E-state index contributed by atoms with van der Waals surface area (Å²) in [5.41, 5.74) is 0.520. The molecule has 7 atom stereocenters. The van der Waals surface area contributed by atoms with Gasteiger partial charge < -0.3 is 14.6 Å². The molecule has 42 heavy (non-hydrogen) atoms. The molecule has 5 heteroatoms. The van der Waals surface area contributed by atoms with E-state index >= 15 is 0 Å². The summed E-state index contributed by atoms with van der Waals surface area (Å²) < 4.78 is 6.12. The molecule has 4 aliphatic rings. The summed E-state index contributed by atoms with van der Waals surface area (Å²) in [4.78, 5) is 38.8. The lowest BCUT2D eigenvalue weighted by atomic mass is 9.34. The van der Waals surface area contributed by atoms with Gasteiger partial charge in [0.25, 0.3) is 0 Å². The topological polar surface area (TPSA) is 80.7 Å². The number of aliphatic carboxylic acids is 1. The molecular weight excluding hydrogens is 524 g/mol. The maximum atomic E-state index is 14.1. The molecule has 0 amide bonds. The van der Waals surface area contributed by atoms with Gasteiger partial charge in [-0.2, -0.15) is 0 Å². The van der Waals surface area contributed by atoms with E-state index in [1.54, 1.807) is 0 Å². The Hall–Kier alpha value is -2.43. The fourth-order valence-electron chi connectivity index (χ4n) is 10.6. The highest BCUT2D eigenvalue weighted by molar-refractivity contribution is 5.79. The molecule has 4 aliphatic carbocycles. The van der Waals surface area contributed by atoms with Crippen LogP contribution in [0.3, 0.4) is 0 Å². The predicted octanol–water partition coefficient (Wildman–Crippen LogP) is 8.41. The number of esters is 1. The van der Waals surface area contributed by atoms with Gasteiger partial charge >= 0.3 is 11.9 Å². The van der Waals surface area contributed by atoms with Gasteiger partial charge in [-0.1, -0.05) is 76.6 Å². The Morgan fingerprint density at radius 1 is 1.00 bits per heavy atom. The van der Waals surface area contributed by atoms with Gasteiger partial charge in [-0.25, -0.2) is 0 Å². The molecule has 1 aromatic rings. The minimum absolute atomic E-state index is 0.0419. The van der Waals surface area contributed by atoms with Crippen molar-refractivity contribution in [3.05, 3.63) is 47.5 Å². The maximum Gasteiger partial charge on any atom is 0.313 e. The third kappa shape index (κ3) is 4.51. The van der Waals surface area contributed by atoms with E-state index in [0.29, 0.717) is 13.0 Å². The van der Waals surface area contributed by atoms with E-state index in [4.69, 9.17) is 4.74 Å². The standard InChI is InChI=1S/C37H52O5/c1-32(2)17-19-37(31(41)42-24-25-11-9-8-10-12-25)20-18-35(6)26(27(37)23-32)13-14-29-34(5,21-22-38)28(15-16-36(29,35)7)33(3,4)30(39)40/h8-13,22,27-29H,14-21,23-24H2,1-7H3,(H,39,40)/t27-,28-,29+,34-,35+,36+,37-/m0/s1. The number of rotatable bonds is 7. The Kier molecular flexibility index (Phi) is 7.63. The summed E-state index contributed by atoms with van der Waals surface area (Å²) in [5.74, 6) is -0.595. The van der Waals surface area contributed by atoms with Crippen molar-refractivity contribution in [1.29, 1.82) is 0 Å². The highest BCUT2D eigenvalue weighted by Gasteiger charge is 2.68. The van der Waals surface area contributed by atoms with Gasteiger partial charge in [-0.05, 0) is 110 Å². The van der Waals surface area contributed by atoms with E-state index in [9.17, 15) is 19.5 Å². The summed E-state index contributed by atoms with van der Waals surface area (Å²) >= 11 is 0. The van der Waals surface area contributed by atoms with Gasteiger partial charge in [0.2, 0.25) is 0 Å². The average molecular weight is 577 g/mol. The fourth-order valence-corrected chi connectivity index (χ4v) is 10.6. The Labute approximate surface area is 252 Å². The molecule has 1 N–H and O–H groups in total. The van der Waals surface area contributed by atoms with Crippen LogP contribution in [0.15, 0.2) is 42.0 Å². The first-order valence-electron chi connectivity index (χ1n) is 16.2. The molecule has 230 valence electrons. The number of benzene rings is 1. The molecule has 3 fully saturated rings. The zero-order valence-corrected chi connectivity index (χ0v) is 26.9. The Morgan fingerprint density at radius 2 is 1.67 bits per heavy atom. The van der Waals surface area contributed by atoms with Gasteiger partial charge in [0, 0.05) is 6.42 Å². The van der Waals surface area contributed by atoms with Gasteiger partial charge in [0.15, 0.2) is 0 Å². The quantitative estimate of drug-likeness (QED) is 0.200. The molecule has 0 spiro atoms. The molecule has 5 nitrogen and oxygen atoms in total. The first kappa shape index (κ1) is 31.0. The molecule has 0 saturated heterocycles. The summed E-state index contributed by atoms with van der Waals surface area (Å²) in [6.45, 7) is 15.7. The Morgan fingerprint density at radius 3 is 2.31 bits per heavy atom. The first-order valence-corrected chi connectivity index (χ1v) is 16.2. The zero-order valence-electron chi connectivity index (χ0n) is 26.9. The summed E-state index contributed by atoms with van der Waals surface area (Å²) in [6, 6.07) is 9.95. The maximum absolute atomic E-state index is 14.1. The van der Waals surface area contributed by atoms with Gasteiger partial charge in [-0.3, -0.25) is 9.59 Å². The number of carboxylic acid groups (broad SMARTS) is 1. The molecule has 0 radical (unpaired) electrons. The van der Waals surface area contributed by atoms with Crippen molar-refractivity contribution in [3.63, 3.8) is 0 Å². The number of fused-ring (bicyclic) bond motifs is 5. The van der Waals surface area contributed by atoms with Crippen molar-refractivity contribution in [3.8, 4) is 0 Å². The number of carboxylic acids is 1. The second-order valence-electron chi connectivity index (χ2n) is 16.3. The van der Waals surface area contributed by atoms with Crippen molar-refractivity contribution < 1.29 is 24.2 Å². The van der Waals surface area contributed by atoms with Crippen LogP contribution in [0.25, 0.3) is 0 Å². The van der Waals surface area contributed by atoms with Gasteiger partial charge in [-0.15, -0.1) is 0 Å². The fraction of sp³-hybridized carbons (Fsp3) is 0.703. The SMILES string of the molecule is CC1(C)CC[C@]2(C(=O)OCc3ccccc3)CC[C@]3(C)C(=CC[C@@H]4[C@@](C)(CC=O)[C@H](C(C)(C)C(=O)O)CC[C@]43C)[C@@H]2C1. The van der Waals surface area contributed by atoms with Crippen LogP contribution in [0.2, 0.25) is 0 Å². The largest absolute Gasteiger partial charge is 0.481 e. The van der Waals surface area contributed by atoms with Crippen LogP contribution in [0.4, 0.5) is 0 Å². The number of carbonyl (C=O) groups excluding carboxylic acids is 2. The van der Waals surface area contributed by atoms with Crippen molar-refractivity contribution in [1.82, 2.24) is 0 Å². The van der Waals surface area contributed by atoms with Crippen molar-refractivity contribution >= 4 is 18.2 Å². The van der Waals surface area contributed by atoms with E-state index in [1.165, 1.54) is 5.57 Å². The van der Waals surface area contributed by atoms with Crippen molar-refractivity contribution in [2.75, 3.05) is 0 Å². The van der Waals surface area contributed by atoms with Crippen LogP contribution in [0.1, 0.15) is 112 Å². The third-order valence-corrected chi connectivity index (χ3v) is 13.5. The molecule has 1 aromatic carbocycles. The zero-order chi connectivity index (χ0) is 30.8. The minimum Gasteiger partial charge on any atom is -0.481 e. The highest BCUT2D eigenvalue weighted by Crippen LogP contribution is 2.74. The Bertz CT molecular complexity index is 1260. The van der Waals surface area contributed by atoms with E-state index in [-0.39, 0.29) is 40.0 Å². The summed E-state index contributed by atoms with van der Waals surface area (Å²) in [5, 5.41) is 10.2. The van der Waals surface area contributed by atoms with Gasteiger partial charge in [0.1, 0.15) is 12.9 Å². The molecule has 0 aromatic heterocycles. The summed E-state index contributed by atoms with van der Waals surface area (Å²) in [7, 11) is 0. The molecule has 0 unspecified atom stereocenters. The smallest absolute Gasteiger partial charge is 0.313 e. The van der Waals surface area contributed by atoms with E-state index in [0.717, 1.165) is 63.2 Å². The number of aldehydes is 1. The lowest BCUT2D eigenvalue weighted by Crippen LogP contribution is -2.63. The minimum atomic E-state index is -0.915. The number of hydrogen-bond acceptors (Lipinski definition) is 4. The third-order valence-electron chi connectivity index (χ3n) is 13.5. The highest BCUT2D eigenvalue weighted by atomic mass is 16.5. The van der Waals surface area contributed by atoms with Crippen LogP contribution in [-0.2, 0) is 25.7 Å². The molecule has 0 heterocycles. The molecule has 0 bridgehead atoms. The average Bonchev–Trinajstić information content (AvgIpc) is 2.92. The van der Waals surface area contributed by atoms with E-state index in [2.05, 4.69) is 40.7 Å². The van der Waals surface area contributed by atoms with Crippen molar-refractivity contribution in [2.45, 2.75) is 113 Å².